The summed E-state index contributed by atoms with van der Waals surface area (Å²) >= 11 is 1.31. The maximum atomic E-state index is 12.3. The van der Waals surface area contributed by atoms with Crippen LogP contribution in [0.3, 0.4) is 0 Å². The Morgan fingerprint density at radius 1 is 1.11 bits per heavy atom. The zero-order valence-electron chi connectivity index (χ0n) is 15.5. The first-order valence-electron chi connectivity index (χ1n) is 8.21. The highest BCUT2D eigenvalue weighted by Gasteiger charge is 2.20. The predicted octanol–water partition coefficient (Wildman–Crippen LogP) is 1.97. The van der Waals surface area contributed by atoms with Gasteiger partial charge in [0.1, 0.15) is 6.54 Å². The van der Waals surface area contributed by atoms with E-state index in [0.29, 0.717) is 10.6 Å². The number of anilines is 1. The Bertz CT molecular complexity index is 980. The average molecular weight is 425 g/mol. The van der Waals surface area contributed by atoms with Crippen LogP contribution in [0.1, 0.15) is 31.8 Å². The summed E-state index contributed by atoms with van der Waals surface area (Å²) < 4.78 is 29.7. The number of amides is 1. The molecule has 0 fully saturated rings. The standard InChI is InChI=1S/C18H20N2O6S2/c1-11-4-9-15(27-11)18(23)19-10-16(21)26-12(2)17(22)13-5-7-14(8-6-13)20-28(3,24)25/h4-9,12,20H,10H2,1-3H3,(H,19,23). The minimum absolute atomic E-state index is 0.262. The van der Waals surface area contributed by atoms with E-state index in [2.05, 4.69) is 10.0 Å². The number of carbonyl (C=O) groups is 3. The van der Waals surface area contributed by atoms with Gasteiger partial charge >= 0.3 is 5.97 Å². The highest BCUT2D eigenvalue weighted by atomic mass is 32.2. The first-order chi connectivity index (χ1) is 13.0. The summed E-state index contributed by atoms with van der Waals surface area (Å²) in [5, 5.41) is 2.45. The van der Waals surface area contributed by atoms with Crippen molar-refractivity contribution in [3.8, 4) is 0 Å². The molecule has 1 aromatic carbocycles. The number of nitrogens with one attached hydrogen (secondary N) is 2. The number of sulfonamides is 1. The van der Waals surface area contributed by atoms with Crippen molar-refractivity contribution in [3.63, 3.8) is 0 Å². The Hall–Kier alpha value is -2.72. The zero-order chi connectivity index (χ0) is 20.9. The lowest BCUT2D eigenvalue weighted by Gasteiger charge is -2.13. The van der Waals surface area contributed by atoms with E-state index in [0.717, 1.165) is 11.1 Å². The maximum Gasteiger partial charge on any atom is 0.326 e. The second-order valence-electron chi connectivity index (χ2n) is 6.04. The van der Waals surface area contributed by atoms with Crippen molar-refractivity contribution < 1.29 is 27.5 Å². The molecule has 2 aromatic rings. The third-order valence-corrected chi connectivity index (χ3v) is 5.11. The number of ether oxygens (including phenoxy) is 1. The van der Waals surface area contributed by atoms with Crippen molar-refractivity contribution in [3.05, 3.63) is 51.7 Å². The normalized spacial score (nSPS) is 12.1. The summed E-state index contributed by atoms with van der Waals surface area (Å²) in [6, 6.07) is 9.20. The molecule has 1 aromatic heterocycles. The molecular weight excluding hydrogens is 404 g/mol. The fourth-order valence-corrected chi connectivity index (χ4v) is 3.59. The Morgan fingerprint density at radius 2 is 1.75 bits per heavy atom. The SMILES string of the molecule is Cc1ccc(C(=O)NCC(=O)OC(C)C(=O)c2ccc(NS(C)(=O)=O)cc2)s1. The number of hydrogen-bond donors (Lipinski definition) is 2. The summed E-state index contributed by atoms with van der Waals surface area (Å²) in [4.78, 5) is 37.6. The topological polar surface area (TPSA) is 119 Å². The number of esters is 1. The van der Waals surface area contributed by atoms with Crippen molar-refractivity contribution in [2.24, 2.45) is 0 Å². The molecule has 0 bridgehead atoms. The highest BCUT2D eigenvalue weighted by Crippen LogP contribution is 2.15. The van der Waals surface area contributed by atoms with Crippen LogP contribution in [0.5, 0.6) is 0 Å². The molecule has 0 saturated carbocycles. The average Bonchev–Trinajstić information content (AvgIpc) is 3.05. The minimum atomic E-state index is -3.41. The van der Waals surface area contributed by atoms with E-state index in [-0.39, 0.29) is 18.0 Å². The number of hydrogen-bond acceptors (Lipinski definition) is 7. The lowest BCUT2D eigenvalue weighted by molar-refractivity contribution is -0.145. The Morgan fingerprint density at radius 3 is 2.29 bits per heavy atom. The number of carbonyl (C=O) groups excluding carboxylic acids is 3. The van der Waals surface area contributed by atoms with Gasteiger partial charge in [0.15, 0.2) is 6.10 Å². The number of rotatable bonds is 8. The Balaban J connectivity index is 1.87. The van der Waals surface area contributed by atoms with Gasteiger partial charge < -0.3 is 10.1 Å². The second kappa shape index (κ2) is 8.98. The molecule has 1 atom stereocenters. The van der Waals surface area contributed by atoms with Crippen LogP contribution in [0.4, 0.5) is 5.69 Å². The Labute approximate surface area is 167 Å². The molecule has 28 heavy (non-hydrogen) atoms. The predicted molar refractivity (Wildman–Crippen MR) is 106 cm³/mol. The first-order valence-corrected chi connectivity index (χ1v) is 10.9. The zero-order valence-corrected chi connectivity index (χ0v) is 17.1. The molecule has 0 aliphatic heterocycles. The van der Waals surface area contributed by atoms with Crippen molar-refractivity contribution >= 4 is 44.7 Å². The highest BCUT2D eigenvalue weighted by molar-refractivity contribution is 7.92. The van der Waals surface area contributed by atoms with Gasteiger partial charge in [0.25, 0.3) is 5.91 Å². The molecule has 0 radical (unpaired) electrons. The van der Waals surface area contributed by atoms with Crippen molar-refractivity contribution in [1.29, 1.82) is 0 Å². The maximum absolute atomic E-state index is 12.3. The van der Waals surface area contributed by atoms with E-state index in [9.17, 15) is 22.8 Å². The van der Waals surface area contributed by atoms with Gasteiger partial charge in [0.05, 0.1) is 11.1 Å². The lowest BCUT2D eigenvalue weighted by atomic mass is 10.1. The van der Waals surface area contributed by atoms with Crippen LogP contribution < -0.4 is 10.0 Å². The molecule has 0 saturated heterocycles. The molecule has 1 unspecified atom stereocenters. The molecule has 0 aliphatic rings. The van der Waals surface area contributed by atoms with Crippen LogP contribution in [-0.2, 0) is 19.6 Å². The molecule has 1 amide bonds. The molecule has 0 aliphatic carbocycles. The van der Waals surface area contributed by atoms with Gasteiger partial charge in [-0.1, -0.05) is 0 Å². The molecule has 10 heteroatoms. The Kier molecular flexibility index (Phi) is 6.92. The van der Waals surface area contributed by atoms with E-state index in [4.69, 9.17) is 4.74 Å². The van der Waals surface area contributed by atoms with Gasteiger partial charge in [-0.3, -0.25) is 19.1 Å². The summed E-state index contributed by atoms with van der Waals surface area (Å²) in [5.74, 6) is -1.57. The summed E-state index contributed by atoms with van der Waals surface area (Å²) in [6.07, 6.45) is -0.0338. The van der Waals surface area contributed by atoms with E-state index in [1.807, 2.05) is 6.92 Å². The molecule has 8 nitrogen and oxygen atoms in total. The largest absolute Gasteiger partial charge is 0.453 e. The quantitative estimate of drug-likeness (QED) is 0.494. The fourth-order valence-electron chi connectivity index (χ4n) is 2.24. The van der Waals surface area contributed by atoms with Gasteiger partial charge in [-0.25, -0.2) is 8.42 Å². The summed E-state index contributed by atoms with van der Waals surface area (Å²) in [7, 11) is -3.41. The molecule has 150 valence electrons. The van der Waals surface area contributed by atoms with Crippen molar-refractivity contribution in [2.45, 2.75) is 20.0 Å². The van der Waals surface area contributed by atoms with Crippen LogP contribution in [0.2, 0.25) is 0 Å². The molecule has 2 N–H and O–H groups in total. The molecule has 1 heterocycles. The van der Waals surface area contributed by atoms with Crippen LogP contribution in [0, 0.1) is 6.92 Å². The van der Waals surface area contributed by atoms with Gasteiger partial charge in [-0.2, -0.15) is 0 Å². The number of benzene rings is 1. The van der Waals surface area contributed by atoms with Crippen molar-refractivity contribution in [2.75, 3.05) is 17.5 Å². The van der Waals surface area contributed by atoms with E-state index in [1.165, 1.54) is 42.5 Å². The van der Waals surface area contributed by atoms with Crippen LogP contribution in [0.15, 0.2) is 36.4 Å². The fraction of sp³-hybridized carbons (Fsp3) is 0.278. The van der Waals surface area contributed by atoms with Crippen LogP contribution >= 0.6 is 11.3 Å². The number of aryl methyl sites for hydroxylation is 1. The summed E-state index contributed by atoms with van der Waals surface area (Å²) in [6.45, 7) is 2.94. The van der Waals surface area contributed by atoms with Gasteiger partial charge in [-0.05, 0) is 50.2 Å². The third-order valence-electron chi connectivity index (χ3n) is 3.51. The smallest absolute Gasteiger partial charge is 0.326 e. The second-order valence-corrected chi connectivity index (χ2v) is 9.08. The first kappa shape index (κ1) is 21.6. The number of Topliss-reactive ketones (excluding diaryl/α,β-unsaturated/α-hetero) is 1. The van der Waals surface area contributed by atoms with Crippen LogP contribution in [0.25, 0.3) is 0 Å². The third kappa shape index (κ3) is 6.46. The van der Waals surface area contributed by atoms with E-state index in [1.54, 1.807) is 12.1 Å². The lowest BCUT2D eigenvalue weighted by Crippen LogP contribution is -2.33. The summed E-state index contributed by atoms with van der Waals surface area (Å²) in [5.41, 5.74) is 0.577. The monoisotopic (exact) mass is 424 g/mol. The van der Waals surface area contributed by atoms with Crippen molar-refractivity contribution in [1.82, 2.24) is 5.32 Å². The number of thiophene rings is 1. The number of ketones is 1. The molecular formula is C18H20N2O6S2. The van der Waals surface area contributed by atoms with Gasteiger partial charge in [0, 0.05) is 16.1 Å². The molecule has 2 rings (SSSR count). The van der Waals surface area contributed by atoms with Crippen LogP contribution in [-0.4, -0.2) is 45.0 Å². The minimum Gasteiger partial charge on any atom is -0.453 e. The van der Waals surface area contributed by atoms with E-state index < -0.39 is 27.9 Å². The van der Waals surface area contributed by atoms with Gasteiger partial charge in [0.2, 0.25) is 15.8 Å². The van der Waals surface area contributed by atoms with Gasteiger partial charge in [-0.15, -0.1) is 11.3 Å². The van der Waals surface area contributed by atoms with E-state index >= 15 is 0 Å². The molecule has 0 spiro atoms.